The van der Waals surface area contributed by atoms with E-state index in [-0.39, 0.29) is 24.1 Å². The van der Waals surface area contributed by atoms with Crippen LogP contribution in [0.3, 0.4) is 0 Å². The number of halogens is 1. The Morgan fingerprint density at radius 2 is 1.91 bits per heavy atom. The predicted molar refractivity (Wildman–Crippen MR) is 80.8 cm³/mol. The van der Waals surface area contributed by atoms with Crippen molar-refractivity contribution in [1.82, 2.24) is 14.3 Å². The number of hydrogen-bond donors (Lipinski definition) is 0. The number of hydrogen-bond acceptors (Lipinski definition) is 5. The van der Waals surface area contributed by atoms with Crippen molar-refractivity contribution in [1.29, 1.82) is 0 Å². The number of piperidine rings is 1. The molecule has 1 aliphatic rings. The molecule has 0 N–H and O–H groups in total. The summed E-state index contributed by atoms with van der Waals surface area (Å²) < 4.78 is 45.7. The third-order valence-electron chi connectivity index (χ3n) is 3.68. The Morgan fingerprint density at radius 3 is 2.57 bits per heavy atom. The van der Waals surface area contributed by atoms with Crippen molar-refractivity contribution < 1.29 is 17.5 Å². The summed E-state index contributed by atoms with van der Waals surface area (Å²) in [5.41, 5.74) is 0. The van der Waals surface area contributed by atoms with E-state index in [0.717, 1.165) is 6.07 Å². The van der Waals surface area contributed by atoms with Gasteiger partial charge in [0.25, 0.3) is 0 Å². The van der Waals surface area contributed by atoms with Gasteiger partial charge in [-0.1, -0.05) is 12.1 Å². The maximum absolute atomic E-state index is 13.8. The number of nitrogens with zero attached hydrogens (tertiary/aromatic N) is 3. The molecule has 2 aromatic rings. The third kappa shape index (κ3) is 3.48. The van der Waals surface area contributed by atoms with Gasteiger partial charge in [-0.25, -0.2) is 17.8 Å². The molecule has 0 unspecified atom stereocenters. The minimum Gasteiger partial charge on any atom is -0.473 e. The van der Waals surface area contributed by atoms with E-state index in [1.165, 1.54) is 34.9 Å². The van der Waals surface area contributed by atoms with Gasteiger partial charge in [-0.05, 0) is 25.0 Å². The minimum atomic E-state index is -3.81. The summed E-state index contributed by atoms with van der Waals surface area (Å²) in [5, 5.41) is 0. The van der Waals surface area contributed by atoms with E-state index in [2.05, 4.69) is 9.97 Å². The van der Waals surface area contributed by atoms with Crippen LogP contribution in [0.2, 0.25) is 0 Å². The highest BCUT2D eigenvalue weighted by atomic mass is 32.2. The second-order valence-electron chi connectivity index (χ2n) is 5.20. The first-order valence-corrected chi connectivity index (χ1v) is 8.69. The van der Waals surface area contributed by atoms with Gasteiger partial charge in [-0.3, -0.25) is 4.98 Å². The van der Waals surface area contributed by atoms with Crippen LogP contribution >= 0.6 is 0 Å². The van der Waals surface area contributed by atoms with Gasteiger partial charge in [0.15, 0.2) is 0 Å². The van der Waals surface area contributed by atoms with Crippen LogP contribution in [-0.2, 0) is 10.0 Å². The smallest absolute Gasteiger partial charge is 0.245 e. The third-order valence-corrected chi connectivity index (χ3v) is 5.61. The van der Waals surface area contributed by atoms with Crippen molar-refractivity contribution in [3.8, 4) is 5.88 Å². The number of aromatic nitrogens is 2. The maximum atomic E-state index is 13.8. The summed E-state index contributed by atoms with van der Waals surface area (Å²) in [6.07, 6.45) is 5.51. The van der Waals surface area contributed by atoms with E-state index in [1.807, 2.05) is 0 Å². The van der Waals surface area contributed by atoms with Crippen molar-refractivity contribution in [2.45, 2.75) is 23.8 Å². The van der Waals surface area contributed by atoms with Crippen molar-refractivity contribution in [3.63, 3.8) is 0 Å². The topological polar surface area (TPSA) is 72.4 Å². The summed E-state index contributed by atoms with van der Waals surface area (Å²) in [4.78, 5) is 7.67. The summed E-state index contributed by atoms with van der Waals surface area (Å²) in [6.45, 7) is 0.559. The highest BCUT2D eigenvalue weighted by Gasteiger charge is 2.31. The monoisotopic (exact) mass is 337 g/mol. The van der Waals surface area contributed by atoms with Crippen LogP contribution in [0.25, 0.3) is 0 Å². The zero-order chi connectivity index (χ0) is 16.3. The fourth-order valence-electron chi connectivity index (χ4n) is 2.50. The lowest BCUT2D eigenvalue weighted by Gasteiger charge is -2.31. The molecule has 0 amide bonds. The molecule has 1 aromatic carbocycles. The van der Waals surface area contributed by atoms with Crippen LogP contribution < -0.4 is 4.74 Å². The SMILES string of the molecule is O=S(=O)(c1ccccc1F)N1CCC(Oc2cnccn2)CC1. The molecule has 1 aliphatic heterocycles. The molecule has 2 heterocycles. The highest BCUT2D eigenvalue weighted by molar-refractivity contribution is 7.89. The number of rotatable bonds is 4. The van der Waals surface area contributed by atoms with Gasteiger partial charge in [0.1, 0.15) is 16.8 Å². The molecule has 0 atom stereocenters. The largest absolute Gasteiger partial charge is 0.473 e. The highest BCUT2D eigenvalue weighted by Crippen LogP contribution is 2.24. The van der Waals surface area contributed by atoms with Gasteiger partial charge < -0.3 is 4.74 Å². The zero-order valence-corrected chi connectivity index (χ0v) is 13.1. The number of benzene rings is 1. The van der Waals surface area contributed by atoms with Crippen LogP contribution in [0, 0.1) is 5.82 Å². The molecule has 0 saturated carbocycles. The molecule has 8 heteroatoms. The molecule has 122 valence electrons. The molecule has 3 rings (SSSR count). The lowest BCUT2D eigenvalue weighted by molar-refractivity contribution is 0.129. The lowest BCUT2D eigenvalue weighted by Crippen LogP contribution is -2.42. The van der Waals surface area contributed by atoms with Crippen LogP contribution in [-0.4, -0.2) is 41.9 Å². The summed E-state index contributed by atoms with van der Waals surface area (Å²) >= 11 is 0. The van der Waals surface area contributed by atoms with Crippen molar-refractivity contribution in [2.24, 2.45) is 0 Å². The Kier molecular flexibility index (Phi) is 4.53. The van der Waals surface area contributed by atoms with E-state index < -0.39 is 15.8 Å². The summed E-state index contributed by atoms with van der Waals surface area (Å²) in [7, 11) is -3.81. The summed E-state index contributed by atoms with van der Waals surface area (Å²) in [5.74, 6) is -0.312. The normalized spacial score (nSPS) is 17.1. The first-order chi connectivity index (χ1) is 11.1. The van der Waals surface area contributed by atoms with Gasteiger partial charge in [0.05, 0.1) is 6.20 Å². The van der Waals surface area contributed by atoms with Crippen LogP contribution in [0.5, 0.6) is 5.88 Å². The average Bonchev–Trinajstić information content (AvgIpc) is 2.56. The van der Waals surface area contributed by atoms with Gasteiger partial charge in [0.2, 0.25) is 15.9 Å². The standard InChI is InChI=1S/C15H16FN3O3S/c16-13-3-1-2-4-14(13)23(20,21)19-9-5-12(6-10-19)22-15-11-17-7-8-18-15/h1-4,7-8,11-12H,5-6,9-10H2. The van der Waals surface area contributed by atoms with E-state index in [4.69, 9.17) is 4.74 Å². The zero-order valence-electron chi connectivity index (χ0n) is 12.3. The predicted octanol–water partition coefficient (Wildman–Crippen LogP) is 1.85. The quantitative estimate of drug-likeness (QED) is 0.851. The van der Waals surface area contributed by atoms with Crippen LogP contribution in [0.4, 0.5) is 4.39 Å². The maximum Gasteiger partial charge on any atom is 0.245 e. The lowest BCUT2D eigenvalue weighted by atomic mass is 10.1. The van der Waals surface area contributed by atoms with E-state index in [9.17, 15) is 12.8 Å². The second-order valence-corrected chi connectivity index (χ2v) is 7.10. The molecular formula is C15H16FN3O3S. The molecule has 0 bridgehead atoms. The van der Waals surface area contributed by atoms with Gasteiger partial charge >= 0.3 is 0 Å². The molecule has 6 nitrogen and oxygen atoms in total. The molecule has 0 spiro atoms. The van der Waals surface area contributed by atoms with E-state index >= 15 is 0 Å². The first-order valence-electron chi connectivity index (χ1n) is 7.25. The molecule has 1 saturated heterocycles. The average molecular weight is 337 g/mol. The first kappa shape index (κ1) is 15.8. The minimum absolute atomic E-state index is 0.126. The number of sulfonamides is 1. The summed E-state index contributed by atoms with van der Waals surface area (Å²) in [6, 6.07) is 5.42. The Hall–Kier alpha value is -2.06. The molecule has 1 aromatic heterocycles. The molecule has 23 heavy (non-hydrogen) atoms. The van der Waals surface area contributed by atoms with Gasteiger partial charge in [-0.15, -0.1) is 0 Å². The Labute approximate surface area is 134 Å². The van der Waals surface area contributed by atoms with Crippen molar-refractivity contribution in [3.05, 3.63) is 48.7 Å². The van der Waals surface area contributed by atoms with Crippen LogP contribution in [0.15, 0.2) is 47.8 Å². The van der Waals surface area contributed by atoms with Gasteiger partial charge in [-0.2, -0.15) is 4.31 Å². The van der Waals surface area contributed by atoms with Gasteiger partial charge in [0, 0.05) is 25.5 Å². The molecular weight excluding hydrogens is 321 g/mol. The Balaban J connectivity index is 1.66. The Bertz CT molecular complexity index is 763. The van der Waals surface area contributed by atoms with Crippen molar-refractivity contribution in [2.75, 3.05) is 13.1 Å². The molecule has 0 radical (unpaired) electrons. The van der Waals surface area contributed by atoms with E-state index in [0.29, 0.717) is 18.7 Å². The Morgan fingerprint density at radius 1 is 1.17 bits per heavy atom. The fraction of sp³-hybridized carbons (Fsp3) is 0.333. The van der Waals surface area contributed by atoms with E-state index in [1.54, 1.807) is 6.20 Å². The second kappa shape index (κ2) is 6.59. The number of ether oxygens (including phenoxy) is 1. The molecule has 0 aliphatic carbocycles. The molecule has 1 fully saturated rings. The van der Waals surface area contributed by atoms with Crippen LogP contribution in [0.1, 0.15) is 12.8 Å². The van der Waals surface area contributed by atoms with Crippen molar-refractivity contribution >= 4 is 10.0 Å². The fourth-order valence-corrected chi connectivity index (χ4v) is 4.04.